The summed E-state index contributed by atoms with van der Waals surface area (Å²) in [6, 6.07) is 17.6. The normalized spacial score (nSPS) is 26.8. The van der Waals surface area contributed by atoms with Crippen molar-refractivity contribution in [3.63, 3.8) is 0 Å². The largest absolute Gasteiger partial charge is 0.481 e. The maximum atomic E-state index is 11.3. The van der Waals surface area contributed by atoms with Gasteiger partial charge in [-0.2, -0.15) is 0 Å². The van der Waals surface area contributed by atoms with Crippen molar-refractivity contribution in [2.24, 2.45) is 17.8 Å². The molecule has 168 valence electrons. The highest BCUT2D eigenvalue weighted by Gasteiger charge is 2.59. The number of aryl methyl sites for hydroxylation is 2. The van der Waals surface area contributed by atoms with Gasteiger partial charge in [0.2, 0.25) is 5.88 Å². The molecule has 0 radical (unpaired) electrons. The van der Waals surface area contributed by atoms with Crippen molar-refractivity contribution >= 4 is 5.97 Å². The molecule has 1 heterocycles. The fourth-order valence-electron chi connectivity index (χ4n) is 6.36. The number of ether oxygens (including phenoxy) is 1. The van der Waals surface area contributed by atoms with E-state index in [1.165, 1.54) is 34.2 Å². The van der Waals surface area contributed by atoms with Gasteiger partial charge in [-0.3, -0.25) is 4.79 Å². The van der Waals surface area contributed by atoms with Crippen LogP contribution in [0.3, 0.4) is 0 Å². The van der Waals surface area contributed by atoms with Crippen molar-refractivity contribution in [2.45, 2.75) is 51.6 Å². The van der Waals surface area contributed by atoms with E-state index < -0.39 is 5.97 Å². The molecular formula is C29H29NO3. The minimum absolute atomic E-state index is 0.153. The number of nitrogens with zero attached hydrogens (tertiary/aromatic N) is 1. The molecule has 3 aliphatic carbocycles. The van der Waals surface area contributed by atoms with Crippen molar-refractivity contribution < 1.29 is 14.6 Å². The number of pyridine rings is 1. The molecule has 5 atom stereocenters. The summed E-state index contributed by atoms with van der Waals surface area (Å²) in [6.07, 6.45) is 5.00. The van der Waals surface area contributed by atoms with Crippen LogP contribution in [0.15, 0.2) is 54.7 Å². The first-order chi connectivity index (χ1) is 16.0. The van der Waals surface area contributed by atoms with Crippen molar-refractivity contribution in [3.05, 3.63) is 93.7 Å². The van der Waals surface area contributed by atoms with E-state index >= 15 is 0 Å². The number of carboxylic acids is 1. The molecule has 0 aliphatic heterocycles. The summed E-state index contributed by atoms with van der Waals surface area (Å²) in [5, 5.41) is 9.31. The maximum Gasteiger partial charge on any atom is 0.307 e. The number of benzene rings is 2. The van der Waals surface area contributed by atoms with E-state index in [0.29, 0.717) is 24.3 Å². The highest BCUT2D eigenvalue weighted by molar-refractivity contribution is 5.77. The van der Waals surface area contributed by atoms with Gasteiger partial charge in [0.15, 0.2) is 0 Å². The van der Waals surface area contributed by atoms with Crippen molar-refractivity contribution in [2.75, 3.05) is 0 Å². The first-order valence-corrected chi connectivity index (χ1v) is 12.0. The highest BCUT2D eigenvalue weighted by Crippen LogP contribution is 2.61. The van der Waals surface area contributed by atoms with Gasteiger partial charge in [0.1, 0.15) is 6.61 Å². The number of aliphatic carboxylic acids is 1. The summed E-state index contributed by atoms with van der Waals surface area (Å²) in [7, 11) is 0. The van der Waals surface area contributed by atoms with Crippen LogP contribution in [0.1, 0.15) is 64.1 Å². The molecule has 3 aliphatic rings. The minimum Gasteiger partial charge on any atom is -0.481 e. The third-order valence-electron chi connectivity index (χ3n) is 8.16. The Balaban J connectivity index is 1.22. The van der Waals surface area contributed by atoms with E-state index in [9.17, 15) is 9.90 Å². The summed E-state index contributed by atoms with van der Waals surface area (Å²) in [5.74, 6) is 1.15. The zero-order valence-electron chi connectivity index (χ0n) is 19.1. The Bertz CT molecular complexity index is 1250. The Morgan fingerprint density at radius 3 is 2.76 bits per heavy atom. The second kappa shape index (κ2) is 7.72. The first-order valence-electron chi connectivity index (χ1n) is 12.0. The zero-order valence-corrected chi connectivity index (χ0v) is 19.1. The predicted octanol–water partition coefficient (Wildman–Crippen LogP) is 5.65. The second-order valence-corrected chi connectivity index (χ2v) is 10.2. The van der Waals surface area contributed by atoms with Crippen molar-refractivity contribution in [1.29, 1.82) is 0 Å². The number of fused-ring (bicyclic) bond motifs is 4. The molecule has 0 spiro atoms. The lowest BCUT2D eigenvalue weighted by atomic mass is 9.71. The van der Waals surface area contributed by atoms with Crippen LogP contribution in [0, 0.1) is 24.7 Å². The van der Waals surface area contributed by atoms with E-state index in [-0.39, 0.29) is 17.8 Å². The van der Waals surface area contributed by atoms with Crippen LogP contribution in [0.25, 0.3) is 0 Å². The molecule has 1 fully saturated rings. The van der Waals surface area contributed by atoms with Crippen LogP contribution in [0.5, 0.6) is 5.88 Å². The lowest BCUT2D eigenvalue weighted by molar-refractivity contribution is -0.139. The fourth-order valence-corrected chi connectivity index (χ4v) is 6.36. The van der Waals surface area contributed by atoms with E-state index in [4.69, 9.17) is 4.74 Å². The number of aromatic nitrogens is 1. The van der Waals surface area contributed by atoms with Crippen LogP contribution in [-0.2, 0) is 24.2 Å². The molecule has 0 bridgehead atoms. The number of carboxylic acid groups (broad SMARTS) is 1. The molecule has 33 heavy (non-hydrogen) atoms. The summed E-state index contributed by atoms with van der Waals surface area (Å²) in [4.78, 5) is 15.8. The van der Waals surface area contributed by atoms with Gasteiger partial charge in [-0.15, -0.1) is 0 Å². The number of hydrogen-bond acceptors (Lipinski definition) is 3. The van der Waals surface area contributed by atoms with Crippen LogP contribution in [0.4, 0.5) is 0 Å². The fraction of sp³-hybridized carbons (Fsp3) is 0.379. The standard InChI is InChI=1S/C29H29NO3/c1-16-5-3-4-6-21(16)26-17(2)7-9-19-10-8-18(11-22(19)26)15-33-25-13-20-12-23-27(24(20)14-30-25)28(23)29(31)32/h3-6,8,10-11,13-14,17,23,26-28H,7,9,12,15H2,1-2H3,(H,31,32)/t17?,23-,26?,27-,28+/m1/s1. The highest BCUT2D eigenvalue weighted by atomic mass is 16.5. The van der Waals surface area contributed by atoms with Gasteiger partial charge in [0.05, 0.1) is 5.92 Å². The molecule has 6 rings (SSSR count). The smallest absolute Gasteiger partial charge is 0.307 e. The third kappa shape index (κ3) is 3.43. The van der Waals surface area contributed by atoms with Gasteiger partial charge in [-0.05, 0) is 77.0 Å². The van der Waals surface area contributed by atoms with Crippen molar-refractivity contribution in [1.82, 2.24) is 4.98 Å². The summed E-state index contributed by atoms with van der Waals surface area (Å²) in [5.41, 5.74) is 9.14. The van der Waals surface area contributed by atoms with Crippen LogP contribution < -0.4 is 4.74 Å². The molecule has 1 aromatic heterocycles. The molecule has 4 nitrogen and oxygen atoms in total. The number of rotatable bonds is 5. The van der Waals surface area contributed by atoms with E-state index in [2.05, 4.69) is 61.3 Å². The monoisotopic (exact) mass is 439 g/mol. The first kappa shape index (κ1) is 20.5. The number of carbonyl (C=O) groups is 1. The quantitative estimate of drug-likeness (QED) is 0.558. The molecule has 4 heteroatoms. The Kier molecular flexibility index (Phi) is 4.79. The van der Waals surface area contributed by atoms with Gasteiger partial charge in [0, 0.05) is 24.1 Å². The molecule has 1 saturated carbocycles. The Morgan fingerprint density at radius 1 is 1.09 bits per heavy atom. The molecule has 2 unspecified atom stereocenters. The van der Waals surface area contributed by atoms with E-state index in [0.717, 1.165) is 24.0 Å². The molecule has 0 amide bonds. The topological polar surface area (TPSA) is 59.4 Å². The van der Waals surface area contributed by atoms with Crippen LogP contribution in [0.2, 0.25) is 0 Å². The van der Waals surface area contributed by atoms with Gasteiger partial charge in [-0.1, -0.05) is 49.4 Å². The average molecular weight is 440 g/mol. The summed E-state index contributed by atoms with van der Waals surface area (Å²) >= 11 is 0. The van der Waals surface area contributed by atoms with Gasteiger partial charge >= 0.3 is 5.97 Å². The third-order valence-corrected chi connectivity index (χ3v) is 8.16. The summed E-state index contributed by atoms with van der Waals surface area (Å²) in [6.45, 7) is 5.07. The van der Waals surface area contributed by atoms with Crippen LogP contribution >= 0.6 is 0 Å². The van der Waals surface area contributed by atoms with E-state index in [1.807, 2.05) is 12.3 Å². The van der Waals surface area contributed by atoms with Crippen LogP contribution in [-0.4, -0.2) is 16.1 Å². The predicted molar refractivity (Wildman–Crippen MR) is 127 cm³/mol. The molecule has 2 aromatic carbocycles. The lowest BCUT2D eigenvalue weighted by Crippen LogP contribution is -2.20. The zero-order chi connectivity index (χ0) is 22.7. The van der Waals surface area contributed by atoms with Gasteiger partial charge in [0.25, 0.3) is 0 Å². The van der Waals surface area contributed by atoms with E-state index in [1.54, 1.807) is 0 Å². The SMILES string of the molecule is Cc1ccccc1C1c2cc(COc3cc4c(cn3)[C@H]3[C@@H](C4)[C@@H]3C(=O)O)ccc2CCC1C. The Hall–Kier alpha value is -3.14. The average Bonchev–Trinajstić information content (AvgIpc) is 3.41. The van der Waals surface area contributed by atoms with Crippen molar-refractivity contribution in [3.8, 4) is 5.88 Å². The molecule has 1 N–H and O–H groups in total. The minimum atomic E-state index is -0.679. The van der Waals surface area contributed by atoms with Gasteiger partial charge in [-0.25, -0.2) is 4.98 Å². The molecular weight excluding hydrogens is 410 g/mol. The Morgan fingerprint density at radius 2 is 1.94 bits per heavy atom. The Labute approximate surface area is 194 Å². The molecule has 3 aromatic rings. The molecule has 0 saturated heterocycles. The number of hydrogen-bond donors (Lipinski definition) is 1. The second-order valence-electron chi connectivity index (χ2n) is 10.2. The van der Waals surface area contributed by atoms with Gasteiger partial charge < -0.3 is 9.84 Å². The maximum absolute atomic E-state index is 11.3. The summed E-state index contributed by atoms with van der Waals surface area (Å²) < 4.78 is 6.10. The lowest BCUT2D eigenvalue weighted by Gasteiger charge is -2.33.